The summed E-state index contributed by atoms with van der Waals surface area (Å²) in [5, 5.41) is 8.87. The highest BCUT2D eigenvalue weighted by Crippen LogP contribution is 2.35. The normalized spacial score (nSPS) is 17.8. The van der Waals surface area contributed by atoms with Gasteiger partial charge in [-0.2, -0.15) is 5.26 Å². The van der Waals surface area contributed by atoms with Crippen molar-refractivity contribution in [2.75, 3.05) is 20.2 Å². The fraction of sp³-hybridized carbons (Fsp3) is 0.444. The number of aryl methyl sites for hydroxylation is 1. The molecule has 1 aromatic carbocycles. The van der Waals surface area contributed by atoms with Crippen LogP contribution in [0.2, 0.25) is 0 Å². The molecule has 0 N–H and O–H groups in total. The molecule has 120 valence electrons. The summed E-state index contributed by atoms with van der Waals surface area (Å²) in [5.74, 6) is 1.01. The zero-order valence-corrected chi connectivity index (χ0v) is 13.7. The van der Waals surface area contributed by atoms with Crippen LogP contribution in [0.1, 0.15) is 29.8 Å². The number of likely N-dealkylation sites (tertiary alicyclic amines) is 1. The minimum Gasteiger partial charge on any atom is -0.370 e. The molecule has 2 heterocycles. The number of ether oxygens (including phenoxy) is 1. The first kappa shape index (κ1) is 15.7. The Kier molecular flexibility index (Phi) is 4.46. The van der Waals surface area contributed by atoms with Crippen molar-refractivity contribution >= 4 is 0 Å². The van der Waals surface area contributed by atoms with E-state index in [1.807, 2.05) is 43.7 Å². The Balaban J connectivity index is 1.65. The molecule has 0 unspecified atom stereocenters. The molecule has 2 aromatic rings. The van der Waals surface area contributed by atoms with Gasteiger partial charge in [0, 0.05) is 46.2 Å². The maximum atomic E-state index is 8.87. The lowest BCUT2D eigenvalue weighted by Crippen LogP contribution is -2.44. The Bertz CT molecular complexity index is 691. The molecule has 0 atom stereocenters. The molecule has 1 aliphatic rings. The lowest BCUT2D eigenvalue weighted by molar-refractivity contribution is -0.0716. The van der Waals surface area contributed by atoms with Gasteiger partial charge in [-0.3, -0.25) is 4.90 Å². The van der Waals surface area contributed by atoms with E-state index < -0.39 is 0 Å². The van der Waals surface area contributed by atoms with E-state index in [2.05, 4.69) is 20.5 Å². The summed E-state index contributed by atoms with van der Waals surface area (Å²) < 4.78 is 7.94. The summed E-state index contributed by atoms with van der Waals surface area (Å²) in [4.78, 5) is 6.93. The number of imidazole rings is 1. The molecule has 3 rings (SSSR count). The van der Waals surface area contributed by atoms with Crippen molar-refractivity contribution in [1.82, 2.24) is 14.5 Å². The number of nitriles is 1. The van der Waals surface area contributed by atoms with Gasteiger partial charge in [-0.15, -0.1) is 0 Å². The molecule has 0 aliphatic carbocycles. The Morgan fingerprint density at radius 2 is 1.96 bits per heavy atom. The molecular formula is C18H22N4O. The number of aromatic nitrogens is 2. The lowest BCUT2D eigenvalue weighted by atomic mass is 9.89. The van der Waals surface area contributed by atoms with Gasteiger partial charge in [0.2, 0.25) is 0 Å². The van der Waals surface area contributed by atoms with Crippen LogP contribution in [0.3, 0.4) is 0 Å². The Morgan fingerprint density at radius 3 is 2.48 bits per heavy atom. The minimum atomic E-state index is -0.278. The van der Waals surface area contributed by atoms with Gasteiger partial charge in [-0.25, -0.2) is 4.98 Å². The molecule has 0 radical (unpaired) electrons. The third-order valence-electron chi connectivity index (χ3n) is 4.77. The van der Waals surface area contributed by atoms with Crippen LogP contribution in [0.15, 0.2) is 36.7 Å². The van der Waals surface area contributed by atoms with Crippen molar-refractivity contribution in [3.05, 3.63) is 53.6 Å². The molecule has 1 aliphatic heterocycles. The van der Waals surface area contributed by atoms with E-state index >= 15 is 0 Å². The zero-order chi connectivity index (χ0) is 16.3. The number of hydrogen-bond acceptors (Lipinski definition) is 4. The van der Waals surface area contributed by atoms with Crippen molar-refractivity contribution in [2.24, 2.45) is 7.05 Å². The van der Waals surface area contributed by atoms with E-state index in [0.717, 1.165) is 38.3 Å². The first-order chi connectivity index (χ1) is 11.2. The molecule has 5 nitrogen and oxygen atoms in total. The summed E-state index contributed by atoms with van der Waals surface area (Å²) >= 11 is 0. The number of rotatable bonds is 4. The van der Waals surface area contributed by atoms with E-state index in [0.29, 0.717) is 5.56 Å². The second-order valence-corrected chi connectivity index (χ2v) is 6.15. The van der Waals surface area contributed by atoms with Crippen molar-refractivity contribution < 1.29 is 4.74 Å². The number of nitrogens with zero attached hydrogens (tertiary/aromatic N) is 4. The van der Waals surface area contributed by atoms with Crippen LogP contribution in [0.5, 0.6) is 0 Å². The van der Waals surface area contributed by atoms with Crippen molar-refractivity contribution in [3.63, 3.8) is 0 Å². The minimum absolute atomic E-state index is 0.278. The van der Waals surface area contributed by atoms with Crippen LogP contribution in [-0.4, -0.2) is 34.7 Å². The standard InChI is InChI=1S/C18H22N4O/c1-21-12-9-20-17(21)18(23-2)7-10-22(11-8-18)14-16-5-3-15(13-19)4-6-16/h3-6,9,12H,7-8,10-11,14H2,1-2H3. The van der Waals surface area contributed by atoms with Gasteiger partial charge in [0.1, 0.15) is 11.4 Å². The molecule has 0 amide bonds. The van der Waals surface area contributed by atoms with Crippen LogP contribution in [0.25, 0.3) is 0 Å². The van der Waals surface area contributed by atoms with Crippen LogP contribution < -0.4 is 0 Å². The molecule has 5 heteroatoms. The van der Waals surface area contributed by atoms with E-state index in [1.165, 1.54) is 5.56 Å². The smallest absolute Gasteiger partial charge is 0.140 e. The topological polar surface area (TPSA) is 54.1 Å². The first-order valence-corrected chi connectivity index (χ1v) is 7.91. The first-order valence-electron chi connectivity index (χ1n) is 7.91. The Labute approximate surface area is 137 Å². The van der Waals surface area contributed by atoms with E-state index in [4.69, 9.17) is 10.00 Å². The molecule has 1 saturated heterocycles. The van der Waals surface area contributed by atoms with Gasteiger partial charge in [-0.1, -0.05) is 12.1 Å². The SMILES string of the molecule is COC1(c2nccn2C)CCN(Cc2ccc(C#N)cc2)CC1. The van der Waals surface area contributed by atoms with Crippen LogP contribution in [0.4, 0.5) is 0 Å². The summed E-state index contributed by atoms with van der Waals surface area (Å²) in [5.41, 5.74) is 1.67. The quantitative estimate of drug-likeness (QED) is 0.870. The fourth-order valence-electron chi connectivity index (χ4n) is 3.34. The largest absolute Gasteiger partial charge is 0.370 e. The van der Waals surface area contributed by atoms with Crippen molar-refractivity contribution in [3.8, 4) is 6.07 Å². The molecule has 0 spiro atoms. The summed E-state index contributed by atoms with van der Waals surface area (Å²) in [6.07, 6.45) is 5.67. The van der Waals surface area contributed by atoms with E-state index in [1.54, 1.807) is 7.11 Å². The summed E-state index contributed by atoms with van der Waals surface area (Å²) in [6.45, 7) is 2.85. The highest BCUT2D eigenvalue weighted by Gasteiger charge is 2.39. The maximum absolute atomic E-state index is 8.87. The van der Waals surface area contributed by atoms with Crippen molar-refractivity contribution in [1.29, 1.82) is 5.26 Å². The third kappa shape index (κ3) is 3.14. The second-order valence-electron chi connectivity index (χ2n) is 6.15. The number of hydrogen-bond donors (Lipinski definition) is 0. The molecule has 1 aromatic heterocycles. The van der Waals surface area contributed by atoms with Crippen LogP contribution in [0, 0.1) is 11.3 Å². The average Bonchev–Trinajstić information content (AvgIpc) is 3.03. The highest BCUT2D eigenvalue weighted by molar-refractivity contribution is 5.31. The third-order valence-corrected chi connectivity index (χ3v) is 4.77. The van der Waals surface area contributed by atoms with Gasteiger partial charge in [0.05, 0.1) is 11.6 Å². The predicted octanol–water partition coefficient (Wildman–Crippen LogP) is 2.43. The van der Waals surface area contributed by atoms with Gasteiger partial charge in [0.25, 0.3) is 0 Å². The van der Waals surface area contributed by atoms with Crippen LogP contribution in [-0.2, 0) is 23.9 Å². The van der Waals surface area contributed by atoms with Crippen LogP contribution >= 0.6 is 0 Å². The molecule has 0 saturated carbocycles. The Morgan fingerprint density at radius 1 is 1.26 bits per heavy atom. The van der Waals surface area contributed by atoms with E-state index in [9.17, 15) is 0 Å². The molecular weight excluding hydrogens is 288 g/mol. The second kappa shape index (κ2) is 6.53. The number of piperidine rings is 1. The van der Waals surface area contributed by atoms with Gasteiger partial charge < -0.3 is 9.30 Å². The average molecular weight is 310 g/mol. The lowest BCUT2D eigenvalue weighted by Gasteiger charge is -2.40. The monoisotopic (exact) mass is 310 g/mol. The van der Waals surface area contributed by atoms with Gasteiger partial charge >= 0.3 is 0 Å². The molecule has 23 heavy (non-hydrogen) atoms. The highest BCUT2D eigenvalue weighted by atomic mass is 16.5. The maximum Gasteiger partial charge on any atom is 0.140 e. The summed E-state index contributed by atoms with van der Waals surface area (Å²) in [7, 11) is 3.80. The molecule has 1 fully saturated rings. The summed E-state index contributed by atoms with van der Waals surface area (Å²) in [6, 6.07) is 10.00. The van der Waals surface area contributed by atoms with Crippen molar-refractivity contribution in [2.45, 2.75) is 25.0 Å². The Hall–Kier alpha value is -2.16. The molecule has 0 bridgehead atoms. The van der Waals surface area contributed by atoms with E-state index in [-0.39, 0.29) is 5.60 Å². The number of benzene rings is 1. The fourth-order valence-corrected chi connectivity index (χ4v) is 3.34. The predicted molar refractivity (Wildman–Crippen MR) is 87.6 cm³/mol. The zero-order valence-electron chi connectivity index (χ0n) is 13.7. The van der Waals surface area contributed by atoms with Gasteiger partial charge in [0.15, 0.2) is 0 Å². The number of methoxy groups -OCH3 is 1. The van der Waals surface area contributed by atoms with Gasteiger partial charge in [-0.05, 0) is 30.5 Å².